The molecule has 4 atom stereocenters. The summed E-state index contributed by atoms with van der Waals surface area (Å²) in [5, 5.41) is 6.27. The largest absolute Gasteiger partial charge is 0.378 e. The number of carbonyl (C=O) groups is 1. The third-order valence-electron chi connectivity index (χ3n) is 5.02. The van der Waals surface area contributed by atoms with E-state index in [9.17, 15) is 4.79 Å². The van der Waals surface area contributed by atoms with E-state index in [4.69, 9.17) is 4.74 Å². The monoisotopic (exact) mass is 298 g/mol. The van der Waals surface area contributed by atoms with Crippen LogP contribution in [0.15, 0.2) is 0 Å². The van der Waals surface area contributed by atoms with E-state index in [1.807, 2.05) is 11.8 Å². The van der Waals surface area contributed by atoms with Crippen molar-refractivity contribution in [2.45, 2.75) is 62.3 Å². The Bertz CT molecular complexity index is 358. The average molecular weight is 298 g/mol. The molecule has 2 amide bonds. The predicted octanol–water partition coefficient (Wildman–Crippen LogP) is 2.53. The number of hydrogen-bond donors (Lipinski definition) is 2. The number of rotatable bonds is 3. The highest BCUT2D eigenvalue weighted by Crippen LogP contribution is 2.37. The molecule has 0 spiro atoms. The summed E-state index contributed by atoms with van der Waals surface area (Å²) in [6.07, 6.45) is 7.40. The second kappa shape index (κ2) is 6.14. The first-order chi connectivity index (χ1) is 9.66. The van der Waals surface area contributed by atoms with Gasteiger partial charge in [-0.1, -0.05) is 0 Å². The zero-order chi connectivity index (χ0) is 14.0. The van der Waals surface area contributed by atoms with Gasteiger partial charge in [0.25, 0.3) is 0 Å². The summed E-state index contributed by atoms with van der Waals surface area (Å²) in [6.45, 7) is 3.90. The standard InChI is InChI=1S/C15H26N2O2S/c1-15(7-3-9-20-15)10-16-14(18)17-12-4-2-5-13-11(12)6-8-19-13/h11-13H,2-10H2,1H3,(H2,16,17,18). The van der Waals surface area contributed by atoms with Gasteiger partial charge in [0.1, 0.15) is 0 Å². The molecule has 4 unspecified atom stereocenters. The van der Waals surface area contributed by atoms with E-state index >= 15 is 0 Å². The second-order valence-corrected chi connectivity index (χ2v) is 8.31. The summed E-state index contributed by atoms with van der Waals surface area (Å²) in [4.78, 5) is 12.1. The van der Waals surface area contributed by atoms with Crippen LogP contribution >= 0.6 is 11.8 Å². The highest BCUT2D eigenvalue weighted by Gasteiger charge is 2.38. The molecule has 2 N–H and O–H groups in total. The number of ether oxygens (including phenoxy) is 1. The van der Waals surface area contributed by atoms with Crippen LogP contribution in [0.3, 0.4) is 0 Å². The maximum absolute atomic E-state index is 12.1. The molecule has 2 heterocycles. The zero-order valence-electron chi connectivity index (χ0n) is 12.3. The van der Waals surface area contributed by atoms with Crippen molar-refractivity contribution in [1.29, 1.82) is 0 Å². The molecular formula is C15H26N2O2S. The summed E-state index contributed by atoms with van der Waals surface area (Å²) in [7, 11) is 0. The summed E-state index contributed by atoms with van der Waals surface area (Å²) in [5.41, 5.74) is 0. The van der Waals surface area contributed by atoms with Crippen LogP contribution in [0.2, 0.25) is 0 Å². The van der Waals surface area contributed by atoms with Crippen LogP contribution in [-0.2, 0) is 4.74 Å². The Balaban J connectivity index is 1.46. The first-order valence-electron chi connectivity index (χ1n) is 7.96. The minimum Gasteiger partial charge on any atom is -0.378 e. The Morgan fingerprint density at radius 1 is 1.35 bits per heavy atom. The number of amides is 2. The topological polar surface area (TPSA) is 50.4 Å². The number of nitrogens with one attached hydrogen (secondary N) is 2. The van der Waals surface area contributed by atoms with Crippen molar-refractivity contribution in [2.24, 2.45) is 5.92 Å². The normalized spacial score (nSPS) is 40.4. The van der Waals surface area contributed by atoms with Gasteiger partial charge in [-0.2, -0.15) is 11.8 Å². The molecule has 1 aliphatic carbocycles. The van der Waals surface area contributed by atoms with Crippen LogP contribution in [0.1, 0.15) is 45.4 Å². The number of carbonyl (C=O) groups excluding carboxylic acids is 1. The van der Waals surface area contributed by atoms with Crippen LogP contribution in [0, 0.1) is 5.92 Å². The van der Waals surface area contributed by atoms with E-state index in [1.54, 1.807) is 0 Å². The number of hydrogen-bond acceptors (Lipinski definition) is 3. The SMILES string of the molecule is CC1(CNC(=O)NC2CCCC3OCCC23)CCCS1. The fourth-order valence-corrected chi connectivity index (χ4v) is 5.06. The Morgan fingerprint density at radius 3 is 3.05 bits per heavy atom. The molecule has 114 valence electrons. The Labute approximate surface area is 125 Å². The molecule has 0 radical (unpaired) electrons. The fraction of sp³-hybridized carbons (Fsp3) is 0.933. The van der Waals surface area contributed by atoms with Gasteiger partial charge in [-0.3, -0.25) is 0 Å². The minimum absolute atomic E-state index is 0.0104. The van der Waals surface area contributed by atoms with E-state index in [0.29, 0.717) is 18.1 Å². The highest BCUT2D eigenvalue weighted by molar-refractivity contribution is 8.00. The fourth-order valence-electron chi connectivity index (χ4n) is 3.82. The van der Waals surface area contributed by atoms with Crippen LogP contribution < -0.4 is 10.6 Å². The number of thioether (sulfide) groups is 1. The Hall–Kier alpha value is -0.420. The third kappa shape index (κ3) is 3.25. The summed E-state index contributed by atoms with van der Waals surface area (Å²) in [5.74, 6) is 1.76. The van der Waals surface area contributed by atoms with Gasteiger partial charge in [0, 0.05) is 29.9 Å². The average Bonchev–Trinajstić information content (AvgIpc) is 3.06. The summed E-state index contributed by atoms with van der Waals surface area (Å²) >= 11 is 1.99. The first kappa shape index (κ1) is 14.5. The molecule has 0 aromatic carbocycles. The molecule has 3 fully saturated rings. The molecule has 0 aromatic rings. The predicted molar refractivity (Wildman–Crippen MR) is 82.1 cm³/mol. The number of fused-ring (bicyclic) bond motifs is 1. The molecule has 3 rings (SSSR count). The Kier molecular flexibility index (Phi) is 4.46. The van der Waals surface area contributed by atoms with Crippen molar-refractivity contribution in [2.75, 3.05) is 18.9 Å². The summed E-state index contributed by atoms with van der Waals surface area (Å²) in [6, 6.07) is 0.316. The van der Waals surface area contributed by atoms with Crippen molar-refractivity contribution in [3.63, 3.8) is 0 Å². The van der Waals surface area contributed by atoms with Gasteiger partial charge in [0.15, 0.2) is 0 Å². The van der Waals surface area contributed by atoms with Crippen molar-refractivity contribution in [3.8, 4) is 0 Å². The van der Waals surface area contributed by atoms with E-state index in [-0.39, 0.29) is 10.8 Å². The molecule has 0 bridgehead atoms. The highest BCUT2D eigenvalue weighted by atomic mass is 32.2. The van der Waals surface area contributed by atoms with Gasteiger partial charge in [0.2, 0.25) is 0 Å². The van der Waals surface area contributed by atoms with Crippen molar-refractivity contribution in [1.82, 2.24) is 10.6 Å². The lowest BCUT2D eigenvalue weighted by atomic mass is 9.82. The van der Waals surface area contributed by atoms with Gasteiger partial charge in [0.05, 0.1) is 6.10 Å². The van der Waals surface area contributed by atoms with Crippen LogP contribution in [0.5, 0.6) is 0 Å². The van der Waals surface area contributed by atoms with Crippen LogP contribution in [0.4, 0.5) is 4.79 Å². The van der Waals surface area contributed by atoms with Gasteiger partial charge >= 0.3 is 6.03 Å². The van der Waals surface area contributed by atoms with E-state index in [2.05, 4.69) is 17.6 Å². The molecule has 20 heavy (non-hydrogen) atoms. The molecule has 0 aromatic heterocycles. The summed E-state index contributed by atoms with van der Waals surface area (Å²) < 4.78 is 5.99. The van der Waals surface area contributed by atoms with Gasteiger partial charge in [-0.25, -0.2) is 4.79 Å². The van der Waals surface area contributed by atoms with E-state index < -0.39 is 0 Å². The molecular weight excluding hydrogens is 272 g/mol. The molecule has 3 aliphatic rings. The lowest BCUT2D eigenvalue weighted by Gasteiger charge is -2.33. The molecule has 2 saturated heterocycles. The molecule has 2 aliphatic heterocycles. The molecule has 5 heteroatoms. The third-order valence-corrected chi connectivity index (χ3v) is 6.56. The lowest BCUT2D eigenvalue weighted by Crippen LogP contribution is -2.51. The van der Waals surface area contributed by atoms with E-state index in [1.165, 1.54) is 31.4 Å². The molecule has 4 nitrogen and oxygen atoms in total. The van der Waals surface area contributed by atoms with Crippen LogP contribution in [-0.4, -0.2) is 41.8 Å². The van der Waals surface area contributed by atoms with Crippen molar-refractivity contribution in [3.05, 3.63) is 0 Å². The zero-order valence-corrected chi connectivity index (χ0v) is 13.1. The Morgan fingerprint density at radius 2 is 2.25 bits per heavy atom. The first-order valence-corrected chi connectivity index (χ1v) is 8.95. The van der Waals surface area contributed by atoms with Gasteiger partial charge in [-0.15, -0.1) is 0 Å². The van der Waals surface area contributed by atoms with E-state index in [0.717, 1.165) is 26.0 Å². The molecule has 1 saturated carbocycles. The lowest BCUT2D eigenvalue weighted by molar-refractivity contribution is 0.0549. The smallest absolute Gasteiger partial charge is 0.315 e. The van der Waals surface area contributed by atoms with Crippen LogP contribution in [0.25, 0.3) is 0 Å². The second-order valence-electron chi connectivity index (χ2n) is 6.63. The van der Waals surface area contributed by atoms with Crippen molar-refractivity contribution >= 4 is 17.8 Å². The van der Waals surface area contributed by atoms with Crippen molar-refractivity contribution < 1.29 is 9.53 Å². The maximum atomic E-state index is 12.1. The quantitative estimate of drug-likeness (QED) is 0.842. The van der Waals surface area contributed by atoms with Gasteiger partial charge in [-0.05, 0) is 51.2 Å². The minimum atomic E-state index is 0.0104. The number of urea groups is 1. The van der Waals surface area contributed by atoms with Gasteiger partial charge < -0.3 is 15.4 Å². The maximum Gasteiger partial charge on any atom is 0.315 e.